The zero-order valence-corrected chi connectivity index (χ0v) is 20.0. The highest BCUT2D eigenvalue weighted by molar-refractivity contribution is 6.46. The first-order valence-electron chi connectivity index (χ1n) is 10.9. The molecule has 180 valence electrons. The Labute approximate surface area is 207 Å². The van der Waals surface area contributed by atoms with Crippen molar-refractivity contribution in [3.8, 4) is 17.2 Å². The second kappa shape index (κ2) is 10.1. The number of methoxy groups -OCH3 is 2. The standard InChI is InChI=1S/C27H24ClNO6/c1-34-20-10-11-22(35-2)21(15-20)25(31)23-24(17-4-3-5-19(30)14-17)29(27(33)26(23)32)13-12-16-6-8-18(28)9-7-16/h3-11,14-15,24,30-31H,12-13H2,1-2H3/b25-23+. The van der Waals surface area contributed by atoms with E-state index in [1.54, 1.807) is 36.4 Å². The van der Waals surface area contributed by atoms with Crippen molar-refractivity contribution < 1.29 is 29.3 Å². The summed E-state index contributed by atoms with van der Waals surface area (Å²) in [5.41, 5.74) is 1.54. The van der Waals surface area contributed by atoms with Gasteiger partial charge in [0, 0.05) is 11.6 Å². The lowest BCUT2D eigenvalue weighted by atomic mass is 9.94. The number of carbonyl (C=O) groups excluding carboxylic acids is 2. The van der Waals surface area contributed by atoms with Gasteiger partial charge in [-0.2, -0.15) is 0 Å². The molecule has 3 aromatic carbocycles. The summed E-state index contributed by atoms with van der Waals surface area (Å²) in [4.78, 5) is 27.8. The van der Waals surface area contributed by atoms with E-state index < -0.39 is 17.7 Å². The topological polar surface area (TPSA) is 96.3 Å². The van der Waals surface area contributed by atoms with E-state index in [9.17, 15) is 19.8 Å². The maximum absolute atomic E-state index is 13.2. The van der Waals surface area contributed by atoms with E-state index in [4.69, 9.17) is 21.1 Å². The number of nitrogens with zero attached hydrogens (tertiary/aromatic N) is 1. The SMILES string of the molecule is COc1ccc(OC)c(/C(O)=C2\C(=O)C(=O)N(CCc3ccc(Cl)cc3)C2c2cccc(O)c2)c1. The van der Waals surface area contributed by atoms with Gasteiger partial charge in [0.25, 0.3) is 11.7 Å². The van der Waals surface area contributed by atoms with Gasteiger partial charge < -0.3 is 24.6 Å². The number of Topliss-reactive ketones (excluding diaryl/α,β-unsaturated/α-hetero) is 1. The number of hydrogen-bond donors (Lipinski definition) is 2. The van der Waals surface area contributed by atoms with Gasteiger partial charge in [-0.25, -0.2) is 0 Å². The Hall–Kier alpha value is -3.97. The molecule has 0 aromatic heterocycles. The number of phenolic OH excluding ortho intramolecular Hbond substituents is 1. The third kappa shape index (κ3) is 4.81. The normalized spacial score (nSPS) is 17.0. The third-order valence-electron chi connectivity index (χ3n) is 5.94. The zero-order chi connectivity index (χ0) is 25.1. The molecule has 3 aromatic rings. The first kappa shape index (κ1) is 24.2. The van der Waals surface area contributed by atoms with Crippen molar-refractivity contribution in [2.75, 3.05) is 20.8 Å². The van der Waals surface area contributed by atoms with Gasteiger partial charge in [-0.1, -0.05) is 35.9 Å². The number of ether oxygens (including phenoxy) is 2. The molecule has 1 atom stereocenters. The Morgan fingerprint density at radius 1 is 1.00 bits per heavy atom. The Kier molecular flexibility index (Phi) is 6.98. The van der Waals surface area contributed by atoms with Crippen LogP contribution >= 0.6 is 11.6 Å². The van der Waals surface area contributed by atoms with Crippen LogP contribution < -0.4 is 9.47 Å². The first-order valence-corrected chi connectivity index (χ1v) is 11.3. The summed E-state index contributed by atoms with van der Waals surface area (Å²) in [5.74, 6) is -1.22. The van der Waals surface area contributed by atoms with Crippen molar-refractivity contribution in [3.05, 3.63) is 94.0 Å². The van der Waals surface area contributed by atoms with Crippen LogP contribution in [0, 0.1) is 0 Å². The van der Waals surface area contributed by atoms with E-state index in [-0.39, 0.29) is 29.2 Å². The predicted molar refractivity (Wildman–Crippen MR) is 132 cm³/mol. The maximum atomic E-state index is 13.2. The molecule has 8 heteroatoms. The Balaban J connectivity index is 1.83. The van der Waals surface area contributed by atoms with Gasteiger partial charge in [0.1, 0.15) is 23.0 Å². The van der Waals surface area contributed by atoms with E-state index in [1.807, 2.05) is 12.1 Å². The van der Waals surface area contributed by atoms with E-state index in [0.717, 1.165) is 5.56 Å². The lowest BCUT2D eigenvalue weighted by Crippen LogP contribution is -2.31. The fraction of sp³-hybridized carbons (Fsp3) is 0.185. The summed E-state index contributed by atoms with van der Waals surface area (Å²) in [7, 11) is 2.92. The maximum Gasteiger partial charge on any atom is 0.295 e. The molecule has 1 aliphatic heterocycles. The summed E-state index contributed by atoms with van der Waals surface area (Å²) < 4.78 is 10.6. The Morgan fingerprint density at radius 2 is 1.74 bits per heavy atom. The van der Waals surface area contributed by atoms with Gasteiger partial charge in [0.2, 0.25) is 0 Å². The van der Waals surface area contributed by atoms with Gasteiger partial charge in [0.15, 0.2) is 0 Å². The van der Waals surface area contributed by atoms with Crippen molar-refractivity contribution >= 4 is 29.1 Å². The molecule has 0 radical (unpaired) electrons. The quantitative estimate of drug-likeness (QED) is 0.281. The van der Waals surface area contributed by atoms with Crippen LogP contribution in [0.25, 0.3) is 5.76 Å². The molecule has 0 bridgehead atoms. The number of likely N-dealkylation sites (tertiary alicyclic amines) is 1. The molecule has 4 rings (SSSR count). The minimum absolute atomic E-state index is 0.0234. The number of rotatable bonds is 7. The van der Waals surface area contributed by atoms with Crippen LogP contribution in [-0.2, 0) is 16.0 Å². The number of aliphatic hydroxyl groups excluding tert-OH is 1. The average Bonchev–Trinajstić information content (AvgIpc) is 3.12. The molecule has 1 amide bonds. The highest BCUT2D eigenvalue weighted by atomic mass is 35.5. The van der Waals surface area contributed by atoms with Gasteiger partial charge >= 0.3 is 0 Å². The molecule has 7 nitrogen and oxygen atoms in total. The van der Waals surface area contributed by atoms with Crippen molar-refractivity contribution in [3.63, 3.8) is 0 Å². The van der Waals surface area contributed by atoms with Crippen molar-refractivity contribution in [2.45, 2.75) is 12.5 Å². The van der Waals surface area contributed by atoms with E-state index in [1.165, 1.54) is 37.3 Å². The molecule has 1 fully saturated rings. The number of hydrogen-bond acceptors (Lipinski definition) is 6. The highest BCUT2D eigenvalue weighted by Crippen LogP contribution is 2.42. The summed E-state index contributed by atoms with van der Waals surface area (Å²) in [6.07, 6.45) is 0.460. The minimum atomic E-state index is -0.912. The van der Waals surface area contributed by atoms with Gasteiger partial charge in [0.05, 0.1) is 31.4 Å². The molecule has 1 heterocycles. The summed E-state index contributed by atoms with van der Waals surface area (Å²) in [5, 5.41) is 22.0. The smallest absolute Gasteiger partial charge is 0.295 e. The number of halogens is 1. The second-order valence-corrected chi connectivity index (χ2v) is 8.47. The predicted octanol–water partition coefficient (Wildman–Crippen LogP) is 4.73. The first-order chi connectivity index (χ1) is 16.8. The summed E-state index contributed by atoms with van der Waals surface area (Å²) >= 11 is 5.97. The van der Waals surface area contributed by atoms with E-state index in [2.05, 4.69) is 0 Å². The molecule has 0 aliphatic carbocycles. The van der Waals surface area contributed by atoms with Gasteiger partial charge in [-0.05, 0) is 60.0 Å². The summed E-state index contributed by atoms with van der Waals surface area (Å²) in [6.45, 7) is 0.207. The van der Waals surface area contributed by atoms with Crippen molar-refractivity contribution in [2.24, 2.45) is 0 Å². The van der Waals surface area contributed by atoms with Crippen LogP contribution in [0.3, 0.4) is 0 Å². The molecule has 0 spiro atoms. The third-order valence-corrected chi connectivity index (χ3v) is 6.19. The molecular weight excluding hydrogens is 470 g/mol. The van der Waals surface area contributed by atoms with Crippen LogP contribution in [0.1, 0.15) is 22.7 Å². The molecule has 1 saturated heterocycles. The number of ketones is 1. The van der Waals surface area contributed by atoms with Gasteiger partial charge in [-0.3, -0.25) is 9.59 Å². The number of phenols is 1. The van der Waals surface area contributed by atoms with E-state index in [0.29, 0.717) is 28.5 Å². The molecule has 1 aliphatic rings. The molecular formula is C27H24ClNO6. The van der Waals surface area contributed by atoms with Crippen LogP contribution in [0.4, 0.5) is 0 Å². The number of benzene rings is 3. The fourth-order valence-corrected chi connectivity index (χ4v) is 4.32. The van der Waals surface area contributed by atoms with Crippen LogP contribution in [0.5, 0.6) is 17.2 Å². The van der Waals surface area contributed by atoms with E-state index >= 15 is 0 Å². The minimum Gasteiger partial charge on any atom is -0.508 e. The molecule has 35 heavy (non-hydrogen) atoms. The average molecular weight is 494 g/mol. The van der Waals surface area contributed by atoms with Crippen molar-refractivity contribution in [1.82, 2.24) is 4.90 Å². The monoisotopic (exact) mass is 493 g/mol. The zero-order valence-electron chi connectivity index (χ0n) is 19.2. The van der Waals surface area contributed by atoms with Crippen LogP contribution in [0.15, 0.2) is 72.3 Å². The lowest BCUT2D eigenvalue weighted by molar-refractivity contribution is -0.139. The van der Waals surface area contributed by atoms with Crippen LogP contribution in [0.2, 0.25) is 5.02 Å². The second-order valence-electron chi connectivity index (χ2n) is 8.03. The summed E-state index contributed by atoms with van der Waals surface area (Å²) in [6, 6.07) is 17.4. The van der Waals surface area contributed by atoms with Crippen LogP contribution in [-0.4, -0.2) is 47.6 Å². The molecule has 2 N–H and O–H groups in total. The Morgan fingerprint density at radius 3 is 2.40 bits per heavy atom. The van der Waals surface area contributed by atoms with Gasteiger partial charge in [-0.15, -0.1) is 0 Å². The number of carbonyl (C=O) groups is 2. The fourth-order valence-electron chi connectivity index (χ4n) is 4.20. The molecule has 1 unspecified atom stereocenters. The Bertz CT molecular complexity index is 1300. The van der Waals surface area contributed by atoms with Crippen molar-refractivity contribution in [1.29, 1.82) is 0 Å². The lowest BCUT2D eigenvalue weighted by Gasteiger charge is -2.25. The number of aromatic hydroxyl groups is 1. The number of amides is 1. The highest BCUT2D eigenvalue weighted by Gasteiger charge is 2.46. The molecule has 0 saturated carbocycles. The largest absolute Gasteiger partial charge is 0.508 e. The number of aliphatic hydroxyl groups is 1.